The van der Waals surface area contributed by atoms with Gasteiger partial charge in [-0.15, -0.1) is 0 Å². The maximum Gasteiger partial charge on any atom is 0.295 e. The molecular weight excluding hydrogens is 348 g/mol. The predicted molar refractivity (Wildman–Crippen MR) is 111 cm³/mol. The third-order valence-electron chi connectivity index (χ3n) is 5.30. The summed E-state index contributed by atoms with van der Waals surface area (Å²) in [5, 5.41) is 0.383. The van der Waals surface area contributed by atoms with Crippen LogP contribution in [-0.4, -0.2) is 21.0 Å². The Hall–Kier alpha value is -0.913. The summed E-state index contributed by atoms with van der Waals surface area (Å²) in [6, 6.07) is 5.49. The maximum absolute atomic E-state index is 12.4. The third-order valence-corrected chi connectivity index (χ3v) is 14.4. The molecule has 1 aromatic carbocycles. The molecule has 0 saturated heterocycles. The first-order chi connectivity index (χ1) is 10.9. The molecule has 0 aliphatic rings. The molecule has 0 aromatic heterocycles. The van der Waals surface area contributed by atoms with E-state index >= 15 is 0 Å². The fourth-order valence-corrected chi connectivity index (χ4v) is 17.5. The molecule has 0 atom stereocenters. The van der Waals surface area contributed by atoms with Gasteiger partial charge in [-0.05, 0) is 25.9 Å². The van der Waals surface area contributed by atoms with Crippen molar-refractivity contribution < 1.29 is 13.0 Å². The Labute approximate surface area is 155 Å². The fraction of sp³-hybridized carbons (Fsp3) is 0.600. The van der Waals surface area contributed by atoms with Crippen molar-refractivity contribution in [3.63, 3.8) is 0 Å². The summed E-state index contributed by atoms with van der Waals surface area (Å²) < 4.78 is 34.9. The number of rotatable bonds is 3. The second-order valence-corrected chi connectivity index (χ2v) is 17.8. The lowest BCUT2D eigenvalue weighted by Gasteiger charge is -2.60. The van der Waals surface area contributed by atoms with Crippen LogP contribution >= 0.6 is 0 Å². The predicted octanol–water partition coefficient (Wildman–Crippen LogP) is 5.63. The molecule has 1 aromatic rings. The third kappa shape index (κ3) is 3.51. The van der Waals surface area contributed by atoms with Gasteiger partial charge in [-0.25, -0.2) is 0 Å². The van der Waals surface area contributed by atoms with Crippen LogP contribution in [0.15, 0.2) is 29.7 Å². The Morgan fingerprint density at radius 1 is 0.920 bits per heavy atom. The number of hydrogen-bond acceptors (Lipinski definition) is 2. The number of hydrogen-bond donors (Lipinski definition) is 1. The zero-order chi connectivity index (χ0) is 20.1. The quantitative estimate of drug-likeness (QED) is 0.544. The molecule has 0 spiro atoms. The van der Waals surface area contributed by atoms with Crippen LogP contribution in [-0.2, 0) is 10.1 Å². The van der Waals surface area contributed by atoms with E-state index in [4.69, 9.17) is 0 Å². The van der Waals surface area contributed by atoms with Gasteiger partial charge in [0.25, 0.3) is 10.1 Å². The molecule has 3 nitrogen and oxygen atoms in total. The molecule has 0 aliphatic carbocycles. The topological polar surface area (TPSA) is 54.4 Å². The summed E-state index contributed by atoms with van der Waals surface area (Å²) in [6.07, 6.45) is 1.51. The average Bonchev–Trinajstić information content (AvgIpc) is 2.32. The summed E-state index contributed by atoms with van der Waals surface area (Å²) in [6.45, 7) is 23.5. The van der Waals surface area contributed by atoms with Crippen molar-refractivity contribution >= 4 is 29.5 Å². The standard InChI is InChI=1S/C20H34O3SSi/c1-11-15-13-12-14-16(17(15)24(21,22)23)25(18(2,3)4,19(5,6)7)20(8,9)10/h11-14H,1H2,2-10H3,(H,21,22,23). The van der Waals surface area contributed by atoms with Gasteiger partial charge in [0.2, 0.25) is 0 Å². The van der Waals surface area contributed by atoms with Crippen molar-refractivity contribution in [3.8, 4) is 0 Å². The summed E-state index contributed by atoms with van der Waals surface area (Å²) in [5.41, 5.74) is 0.467. The van der Waals surface area contributed by atoms with Crippen LogP contribution in [0.5, 0.6) is 0 Å². The first-order valence-electron chi connectivity index (χ1n) is 8.66. The van der Waals surface area contributed by atoms with E-state index in [0.29, 0.717) is 5.56 Å². The molecule has 0 heterocycles. The van der Waals surface area contributed by atoms with E-state index in [9.17, 15) is 13.0 Å². The van der Waals surface area contributed by atoms with Crippen molar-refractivity contribution in [1.82, 2.24) is 0 Å². The number of benzene rings is 1. The minimum absolute atomic E-state index is 0.0384. The van der Waals surface area contributed by atoms with E-state index < -0.39 is 18.2 Å². The first kappa shape index (κ1) is 22.1. The molecule has 1 N–H and O–H groups in total. The lowest BCUT2D eigenvalue weighted by molar-refractivity contribution is 0.483. The molecular formula is C20H34O3SSi. The minimum atomic E-state index is -4.38. The SMILES string of the molecule is C=Cc1cccc([Si](C(C)(C)C)(C(C)(C)C)C(C)(C)C)c1S(=O)(=O)O. The van der Waals surface area contributed by atoms with Crippen molar-refractivity contribution in [1.29, 1.82) is 0 Å². The highest BCUT2D eigenvalue weighted by Crippen LogP contribution is 2.62. The highest BCUT2D eigenvalue weighted by molar-refractivity contribution is 7.86. The summed E-state index contributed by atoms with van der Waals surface area (Å²) >= 11 is 0. The monoisotopic (exact) mass is 382 g/mol. The van der Waals surface area contributed by atoms with Gasteiger partial charge < -0.3 is 0 Å². The lowest BCUT2D eigenvalue weighted by Crippen LogP contribution is -2.67. The summed E-state index contributed by atoms with van der Waals surface area (Å²) in [7, 11) is -6.94. The van der Waals surface area contributed by atoms with E-state index in [0.717, 1.165) is 5.19 Å². The molecule has 1 rings (SSSR count). The molecule has 0 bridgehead atoms. The molecule has 0 unspecified atom stereocenters. The fourth-order valence-electron chi connectivity index (χ4n) is 5.89. The van der Waals surface area contributed by atoms with Crippen LogP contribution in [0.4, 0.5) is 0 Å². The Kier molecular flexibility index (Phi) is 5.63. The molecule has 5 heteroatoms. The van der Waals surface area contributed by atoms with E-state index in [1.165, 1.54) is 6.08 Å². The zero-order valence-electron chi connectivity index (χ0n) is 17.2. The van der Waals surface area contributed by atoms with Gasteiger partial charge >= 0.3 is 0 Å². The molecule has 0 radical (unpaired) electrons. The van der Waals surface area contributed by atoms with Crippen LogP contribution in [0.3, 0.4) is 0 Å². The van der Waals surface area contributed by atoms with Gasteiger partial charge in [0.15, 0.2) is 0 Å². The Bertz CT molecular complexity index is 722. The van der Waals surface area contributed by atoms with Gasteiger partial charge in [-0.1, -0.05) is 93.2 Å². The van der Waals surface area contributed by atoms with Gasteiger partial charge in [0.05, 0.1) is 0 Å². The Balaban J connectivity index is 4.31. The smallest absolute Gasteiger partial charge is 0.282 e. The van der Waals surface area contributed by atoms with Crippen molar-refractivity contribution in [2.75, 3.05) is 0 Å². The average molecular weight is 383 g/mol. The van der Waals surface area contributed by atoms with Gasteiger partial charge in [0.1, 0.15) is 13.0 Å². The Morgan fingerprint density at radius 2 is 1.32 bits per heavy atom. The van der Waals surface area contributed by atoms with Crippen LogP contribution in [0.25, 0.3) is 6.08 Å². The van der Waals surface area contributed by atoms with Gasteiger partial charge in [0, 0.05) is 0 Å². The largest absolute Gasteiger partial charge is 0.295 e. The summed E-state index contributed by atoms with van der Waals surface area (Å²) in [4.78, 5) is 0.0384. The molecule has 142 valence electrons. The van der Waals surface area contributed by atoms with Crippen molar-refractivity contribution in [2.24, 2.45) is 0 Å². The summed E-state index contributed by atoms with van der Waals surface area (Å²) in [5.74, 6) is 0. The first-order valence-corrected chi connectivity index (χ1v) is 12.1. The van der Waals surface area contributed by atoms with Crippen molar-refractivity contribution in [3.05, 3.63) is 30.3 Å². The van der Waals surface area contributed by atoms with Crippen LogP contribution < -0.4 is 5.19 Å². The molecule has 0 aliphatic heterocycles. The normalized spacial score (nSPS) is 14.5. The molecule has 0 fully saturated rings. The van der Waals surface area contributed by atoms with E-state index in [-0.39, 0.29) is 20.0 Å². The maximum atomic E-state index is 12.4. The highest BCUT2D eigenvalue weighted by Gasteiger charge is 2.62. The van der Waals surface area contributed by atoms with Gasteiger partial charge in [-0.3, -0.25) is 4.55 Å². The lowest BCUT2D eigenvalue weighted by atomic mass is 10.2. The van der Waals surface area contributed by atoms with Crippen LogP contribution in [0, 0.1) is 0 Å². The van der Waals surface area contributed by atoms with Gasteiger partial charge in [-0.2, -0.15) is 8.42 Å². The molecule has 25 heavy (non-hydrogen) atoms. The minimum Gasteiger partial charge on any atom is -0.282 e. The second kappa shape index (κ2) is 6.36. The van der Waals surface area contributed by atoms with Crippen molar-refractivity contribution in [2.45, 2.75) is 82.3 Å². The van der Waals surface area contributed by atoms with E-state index in [1.807, 2.05) is 12.1 Å². The molecule has 0 saturated carbocycles. The van der Waals surface area contributed by atoms with E-state index in [1.54, 1.807) is 6.07 Å². The highest BCUT2D eigenvalue weighted by atomic mass is 32.2. The molecule has 0 amide bonds. The van der Waals surface area contributed by atoms with Crippen LogP contribution in [0.2, 0.25) is 15.1 Å². The second-order valence-electron chi connectivity index (χ2n) is 9.90. The van der Waals surface area contributed by atoms with Crippen LogP contribution in [0.1, 0.15) is 67.9 Å². The van der Waals surface area contributed by atoms with E-state index in [2.05, 4.69) is 68.9 Å². The zero-order valence-corrected chi connectivity index (χ0v) is 19.0. The Morgan fingerprint density at radius 3 is 1.60 bits per heavy atom.